The molecule has 0 nitrogen and oxygen atoms in total. The minimum atomic E-state index is 1.11. The molecule has 0 spiro atoms. The lowest BCUT2D eigenvalue weighted by atomic mass is 9.95. The first-order valence-electron chi connectivity index (χ1n) is 4.73. The molecule has 1 aliphatic rings. The van der Waals surface area contributed by atoms with Crippen LogP contribution in [0.4, 0.5) is 0 Å². The van der Waals surface area contributed by atoms with Crippen LogP contribution in [0.25, 0.3) is 5.57 Å². The van der Waals surface area contributed by atoms with Crippen molar-refractivity contribution in [3.63, 3.8) is 0 Å². The lowest BCUT2D eigenvalue weighted by molar-refractivity contribution is 0.944. The highest BCUT2D eigenvalue weighted by Gasteiger charge is 2.12. The van der Waals surface area contributed by atoms with Gasteiger partial charge in [0.25, 0.3) is 0 Å². The Morgan fingerprint density at radius 1 is 1.46 bits per heavy atom. The van der Waals surface area contributed by atoms with Crippen LogP contribution in [-0.2, 0) is 6.42 Å². The van der Waals surface area contributed by atoms with Gasteiger partial charge in [-0.1, -0.05) is 22.0 Å². The van der Waals surface area contributed by atoms with Crippen LogP contribution < -0.4 is 0 Å². The maximum Gasteiger partial charge on any atom is 0.0123 e. The van der Waals surface area contributed by atoms with Crippen LogP contribution in [0, 0.1) is 0 Å². The maximum absolute atomic E-state index is 3.48. The summed E-state index contributed by atoms with van der Waals surface area (Å²) in [4.78, 5) is 1.59. The van der Waals surface area contributed by atoms with Gasteiger partial charge in [0.05, 0.1) is 0 Å². The highest BCUT2D eigenvalue weighted by atomic mass is 79.9. The second-order valence-electron chi connectivity index (χ2n) is 3.32. The van der Waals surface area contributed by atoms with Gasteiger partial charge in [-0.05, 0) is 48.3 Å². The van der Waals surface area contributed by atoms with E-state index < -0.39 is 0 Å². The Morgan fingerprint density at radius 3 is 3.23 bits per heavy atom. The Kier molecular flexibility index (Phi) is 3.23. The number of hydrogen-bond donors (Lipinski definition) is 0. The molecule has 0 aromatic carbocycles. The molecular weight excluding hydrogens is 244 g/mol. The average molecular weight is 257 g/mol. The minimum absolute atomic E-state index is 1.11. The van der Waals surface area contributed by atoms with E-state index in [4.69, 9.17) is 0 Å². The highest BCUT2D eigenvalue weighted by molar-refractivity contribution is 9.09. The smallest absolute Gasteiger partial charge is 0.0123 e. The number of alkyl halides is 1. The van der Waals surface area contributed by atoms with Gasteiger partial charge in [0.2, 0.25) is 0 Å². The minimum Gasteiger partial charge on any atom is -0.148 e. The second kappa shape index (κ2) is 4.43. The van der Waals surface area contributed by atoms with Crippen molar-refractivity contribution in [2.24, 2.45) is 0 Å². The second-order valence-corrected chi connectivity index (χ2v) is 5.11. The van der Waals surface area contributed by atoms with Crippen molar-refractivity contribution in [3.05, 3.63) is 28.0 Å². The van der Waals surface area contributed by atoms with E-state index in [2.05, 4.69) is 33.5 Å². The number of aryl methyl sites for hydroxylation is 1. The van der Waals surface area contributed by atoms with Crippen LogP contribution in [0.15, 0.2) is 17.5 Å². The van der Waals surface area contributed by atoms with Gasteiger partial charge >= 0.3 is 0 Å². The van der Waals surface area contributed by atoms with Gasteiger partial charge < -0.3 is 0 Å². The number of halogens is 1. The first-order chi connectivity index (χ1) is 6.42. The van der Waals surface area contributed by atoms with E-state index in [0.29, 0.717) is 0 Å². The van der Waals surface area contributed by atoms with E-state index in [1.54, 1.807) is 10.5 Å². The Balaban J connectivity index is 2.15. The van der Waals surface area contributed by atoms with Gasteiger partial charge in [0, 0.05) is 10.2 Å². The summed E-state index contributed by atoms with van der Waals surface area (Å²) >= 11 is 5.39. The predicted octanol–water partition coefficient (Wildman–Crippen LogP) is 4.25. The zero-order chi connectivity index (χ0) is 9.10. The monoisotopic (exact) mass is 256 g/mol. The normalized spacial score (nSPS) is 15.3. The summed E-state index contributed by atoms with van der Waals surface area (Å²) in [7, 11) is 0. The third kappa shape index (κ3) is 2.05. The standard InChI is InChI=1S/C11H13BrS/c12-7-2-4-9-3-1-5-11-10(9)6-8-13-11/h3,6,8H,1-2,4-5,7H2. The van der Waals surface area contributed by atoms with Crippen molar-refractivity contribution in [2.45, 2.75) is 25.7 Å². The molecule has 1 aliphatic carbocycles. The van der Waals surface area contributed by atoms with Crippen molar-refractivity contribution >= 4 is 32.8 Å². The van der Waals surface area contributed by atoms with E-state index in [0.717, 1.165) is 5.33 Å². The third-order valence-electron chi connectivity index (χ3n) is 2.43. The fourth-order valence-corrected chi connectivity index (χ4v) is 3.01. The van der Waals surface area contributed by atoms with E-state index in [1.807, 2.05) is 11.3 Å². The Bertz CT molecular complexity index is 312. The van der Waals surface area contributed by atoms with Gasteiger partial charge in [-0.15, -0.1) is 11.3 Å². The summed E-state index contributed by atoms with van der Waals surface area (Å²) in [6.07, 6.45) is 7.39. The van der Waals surface area contributed by atoms with Crippen LogP contribution in [0.2, 0.25) is 0 Å². The van der Waals surface area contributed by atoms with Crippen molar-refractivity contribution in [2.75, 3.05) is 5.33 Å². The molecule has 0 amide bonds. The van der Waals surface area contributed by atoms with Crippen molar-refractivity contribution < 1.29 is 0 Å². The average Bonchev–Trinajstić information content (AvgIpc) is 2.62. The number of fused-ring (bicyclic) bond motifs is 1. The van der Waals surface area contributed by atoms with E-state index >= 15 is 0 Å². The number of allylic oxidation sites excluding steroid dienone is 2. The van der Waals surface area contributed by atoms with Gasteiger partial charge in [0.1, 0.15) is 0 Å². The molecule has 0 unspecified atom stereocenters. The number of thiophene rings is 1. The summed E-state index contributed by atoms with van der Waals surface area (Å²) in [5.74, 6) is 0. The molecule has 1 heterocycles. The molecular formula is C11H13BrS. The maximum atomic E-state index is 3.48. The molecule has 0 bridgehead atoms. The van der Waals surface area contributed by atoms with Crippen LogP contribution >= 0.6 is 27.3 Å². The molecule has 0 radical (unpaired) electrons. The zero-order valence-corrected chi connectivity index (χ0v) is 9.96. The van der Waals surface area contributed by atoms with Crippen LogP contribution in [0.1, 0.15) is 29.7 Å². The highest BCUT2D eigenvalue weighted by Crippen LogP contribution is 2.32. The summed E-state index contributed by atoms with van der Waals surface area (Å²) in [5.41, 5.74) is 3.10. The van der Waals surface area contributed by atoms with Crippen LogP contribution in [0.3, 0.4) is 0 Å². The topological polar surface area (TPSA) is 0 Å². The van der Waals surface area contributed by atoms with Gasteiger partial charge in [-0.25, -0.2) is 0 Å². The van der Waals surface area contributed by atoms with Crippen molar-refractivity contribution in [3.8, 4) is 0 Å². The lowest BCUT2D eigenvalue weighted by Crippen LogP contribution is -1.95. The van der Waals surface area contributed by atoms with Crippen molar-refractivity contribution in [1.29, 1.82) is 0 Å². The molecule has 0 aliphatic heterocycles. The quantitative estimate of drug-likeness (QED) is 0.710. The molecule has 2 heteroatoms. The lowest BCUT2D eigenvalue weighted by Gasteiger charge is -2.12. The van der Waals surface area contributed by atoms with Crippen LogP contribution in [-0.4, -0.2) is 5.33 Å². The fraction of sp³-hybridized carbons (Fsp3) is 0.455. The first kappa shape index (κ1) is 9.47. The Morgan fingerprint density at radius 2 is 2.38 bits per heavy atom. The number of hydrogen-bond acceptors (Lipinski definition) is 1. The number of rotatable bonds is 3. The largest absolute Gasteiger partial charge is 0.148 e. The fourth-order valence-electron chi connectivity index (χ4n) is 1.80. The van der Waals surface area contributed by atoms with Gasteiger partial charge in [-0.2, -0.15) is 0 Å². The van der Waals surface area contributed by atoms with Gasteiger partial charge in [0.15, 0.2) is 0 Å². The van der Waals surface area contributed by atoms with E-state index in [-0.39, 0.29) is 0 Å². The molecule has 1 aromatic rings. The molecule has 0 fully saturated rings. The van der Waals surface area contributed by atoms with E-state index in [9.17, 15) is 0 Å². The molecule has 0 saturated carbocycles. The summed E-state index contributed by atoms with van der Waals surface area (Å²) < 4.78 is 0. The Labute approximate surface area is 91.8 Å². The summed E-state index contributed by atoms with van der Waals surface area (Å²) in [6, 6.07) is 2.28. The molecule has 70 valence electrons. The first-order valence-corrected chi connectivity index (χ1v) is 6.73. The summed E-state index contributed by atoms with van der Waals surface area (Å²) in [5, 5.41) is 3.34. The van der Waals surface area contributed by atoms with Crippen LogP contribution in [0.5, 0.6) is 0 Å². The van der Waals surface area contributed by atoms with Crippen molar-refractivity contribution in [1.82, 2.24) is 0 Å². The SMILES string of the molecule is BrCCCC1=CCCc2sccc21. The molecule has 13 heavy (non-hydrogen) atoms. The zero-order valence-electron chi connectivity index (χ0n) is 7.55. The van der Waals surface area contributed by atoms with E-state index in [1.165, 1.54) is 31.2 Å². The predicted molar refractivity (Wildman–Crippen MR) is 63.6 cm³/mol. The summed E-state index contributed by atoms with van der Waals surface area (Å²) in [6.45, 7) is 0. The molecule has 1 aromatic heterocycles. The molecule has 0 atom stereocenters. The molecule has 0 saturated heterocycles. The third-order valence-corrected chi connectivity index (χ3v) is 3.97. The van der Waals surface area contributed by atoms with Gasteiger partial charge in [-0.3, -0.25) is 0 Å². The Hall–Kier alpha value is -0.0800. The molecule has 0 N–H and O–H groups in total. The molecule has 2 rings (SSSR count).